The Kier molecular flexibility index (Phi) is 6.35. The number of aromatic nitrogens is 3. The van der Waals surface area contributed by atoms with Gasteiger partial charge in [-0.05, 0) is 69.0 Å². The molecule has 5 rings (SSSR count). The lowest BCUT2D eigenvalue weighted by Crippen LogP contribution is -2.51. The van der Waals surface area contributed by atoms with Crippen molar-refractivity contribution in [2.24, 2.45) is 0 Å². The molecular weight excluding hydrogens is 416 g/mol. The van der Waals surface area contributed by atoms with E-state index in [1.165, 1.54) is 6.42 Å². The number of likely N-dealkylation sites (tertiary alicyclic amines) is 2. The lowest BCUT2D eigenvalue weighted by Gasteiger charge is -2.35. The van der Waals surface area contributed by atoms with Gasteiger partial charge in [0.15, 0.2) is 0 Å². The van der Waals surface area contributed by atoms with E-state index in [-0.39, 0.29) is 17.9 Å². The largest absolute Gasteiger partial charge is 0.348 e. The lowest BCUT2D eigenvalue weighted by molar-refractivity contribution is -0.133. The van der Waals surface area contributed by atoms with Crippen LogP contribution in [0.25, 0.3) is 22.2 Å². The van der Waals surface area contributed by atoms with Crippen molar-refractivity contribution in [1.82, 2.24) is 30.3 Å². The number of benzene rings is 1. The van der Waals surface area contributed by atoms with Gasteiger partial charge in [-0.25, -0.2) is 0 Å². The summed E-state index contributed by atoms with van der Waals surface area (Å²) >= 11 is 0. The summed E-state index contributed by atoms with van der Waals surface area (Å²) in [6.45, 7) is 3.82. The number of carbonyl (C=O) groups is 2. The van der Waals surface area contributed by atoms with Gasteiger partial charge in [-0.2, -0.15) is 5.10 Å². The van der Waals surface area contributed by atoms with Crippen LogP contribution in [0.3, 0.4) is 0 Å². The van der Waals surface area contributed by atoms with Crippen molar-refractivity contribution in [2.75, 3.05) is 32.7 Å². The third kappa shape index (κ3) is 4.90. The average molecular weight is 447 g/mol. The molecule has 3 aromatic rings. The minimum absolute atomic E-state index is 0.0418. The van der Waals surface area contributed by atoms with Gasteiger partial charge in [-0.1, -0.05) is 0 Å². The third-order valence-corrected chi connectivity index (χ3v) is 6.69. The van der Waals surface area contributed by atoms with Gasteiger partial charge in [-0.15, -0.1) is 0 Å². The fraction of sp³-hybridized carbons (Fsp3) is 0.440. The Hall–Kier alpha value is -3.26. The molecule has 1 atom stereocenters. The van der Waals surface area contributed by atoms with Crippen LogP contribution in [0.2, 0.25) is 0 Å². The van der Waals surface area contributed by atoms with E-state index in [0.29, 0.717) is 18.7 Å². The topological polar surface area (TPSA) is 94.2 Å². The molecule has 33 heavy (non-hydrogen) atoms. The van der Waals surface area contributed by atoms with E-state index in [1.807, 2.05) is 35.2 Å². The maximum absolute atomic E-state index is 13.1. The van der Waals surface area contributed by atoms with Gasteiger partial charge in [-0.3, -0.25) is 24.6 Å². The lowest BCUT2D eigenvalue weighted by atomic mass is 10.0. The number of H-pyrrole nitrogens is 1. The van der Waals surface area contributed by atoms with Crippen molar-refractivity contribution in [2.45, 2.75) is 38.1 Å². The molecular formula is C25H30N6O2. The summed E-state index contributed by atoms with van der Waals surface area (Å²) in [5.74, 6) is 0.128. The quantitative estimate of drug-likeness (QED) is 0.629. The normalized spacial score (nSPS) is 19.5. The first kappa shape index (κ1) is 21.6. The van der Waals surface area contributed by atoms with Crippen molar-refractivity contribution in [3.05, 3.63) is 48.3 Å². The van der Waals surface area contributed by atoms with Crippen LogP contribution in [-0.2, 0) is 4.79 Å². The van der Waals surface area contributed by atoms with Crippen molar-refractivity contribution < 1.29 is 9.59 Å². The molecule has 0 saturated carbocycles. The monoisotopic (exact) mass is 446 g/mol. The zero-order chi connectivity index (χ0) is 22.6. The maximum Gasteiger partial charge on any atom is 0.251 e. The second-order valence-electron chi connectivity index (χ2n) is 9.06. The smallest absolute Gasteiger partial charge is 0.251 e. The van der Waals surface area contributed by atoms with Gasteiger partial charge < -0.3 is 10.2 Å². The van der Waals surface area contributed by atoms with Gasteiger partial charge in [0.25, 0.3) is 5.91 Å². The molecule has 2 aromatic heterocycles. The van der Waals surface area contributed by atoms with Crippen LogP contribution in [0.15, 0.2) is 42.7 Å². The summed E-state index contributed by atoms with van der Waals surface area (Å²) in [6, 6.07) is 9.47. The molecule has 0 bridgehead atoms. The number of amides is 2. The number of piperidine rings is 2. The number of fused-ring (bicyclic) bond motifs is 1. The average Bonchev–Trinajstić information content (AvgIpc) is 3.29. The van der Waals surface area contributed by atoms with Crippen molar-refractivity contribution >= 4 is 22.7 Å². The summed E-state index contributed by atoms with van der Waals surface area (Å²) in [5, 5.41) is 11.6. The molecule has 2 saturated heterocycles. The molecule has 4 heterocycles. The highest BCUT2D eigenvalue weighted by atomic mass is 16.2. The first-order valence-electron chi connectivity index (χ1n) is 11.9. The fourth-order valence-corrected chi connectivity index (χ4v) is 4.91. The second-order valence-corrected chi connectivity index (χ2v) is 9.06. The summed E-state index contributed by atoms with van der Waals surface area (Å²) in [5.41, 5.74) is 3.26. The highest BCUT2D eigenvalue weighted by Crippen LogP contribution is 2.26. The zero-order valence-electron chi connectivity index (χ0n) is 18.8. The molecule has 2 aliphatic heterocycles. The first-order valence-corrected chi connectivity index (χ1v) is 11.9. The molecule has 172 valence electrons. The van der Waals surface area contributed by atoms with E-state index in [2.05, 4.69) is 25.4 Å². The van der Waals surface area contributed by atoms with E-state index >= 15 is 0 Å². The number of nitrogens with zero attached hydrogens (tertiary/aromatic N) is 4. The number of carbonyl (C=O) groups excluding carboxylic acids is 2. The molecule has 2 aliphatic rings. The molecule has 1 unspecified atom stereocenters. The number of aromatic amines is 1. The van der Waals surface area contributed by atoms with E-state index < -0.39 is 0 Å². The van der Waals surface area contributed by atoms with Crippen molar-refractivity contribution in [3.8, 4) is 11.3 Å². The van der Waals surface area contributed by atoms with Crippen LogP contribution < -0.4 is 5.32 Å². The minimum atomic E-state index is -0.0898. The van der Waals surface area contributed by atoms with Crippen LogP contribution in [0, 0.1) is 0 Å². The second kappa shape index (κ2) is 9.70. The van der Waals surface area contributed by atoms with Gasteiger partial charge in [0.05, 0.1) is 12.1 Å². The number of pyridine rings is 1. The fourth-order valence-electron chi connectivity index (χ4n) is 4.91. The van der Waals surface area contributed by atoms with E-state index in [4.69, 9.17) is 0 Å². The summed E-state index contributed by atoms with van der Waals surface area (Å²) in [7, 11) is 0. The van der Waals surface area contributed by atoms with Crippen molar-refractivity contribution in [3.63, 3.8) is 0 Å². The third-order valence-electron chi connectivity index (χ3n) is 6.69. The number of hydrogen-bond acceptors (Lipinski definition) is 5. The van der Waals surface area contributed by atoms with Gasteiger partial charge in [0.2, 0.25) is 5.91 Å². The summed E-state index contributed by atoms with van der Waals surface area (Å²) < 4.78 is 0. The van der Waals surface area contributed by atoms with Crippen molar-refractivity contribution in [1.29, 1.82) is 0 Å². The van der Waals surface area contributed by atoms with E-state index in [1.54, 1.807) is 12.4 Å². The molecule has 0 spiro atoms. The van der Waals surface area contributed by atoms with Gasteiger partial charge in [0, 0.05) is 54.6 Å². The Balaban J connectivity index is 1.24. The Morgan fingerprint density at radius 3 is 2.67 bits per heavy atom. The minimum Gasteiger partial charge on any atom is -0.348 e. The molecule has 0 aliphatic carbocycles. The maximum atomic E-state index is 13.1. The first-order chi connectivity index (χ1) is 16.2. The molecule has 8 heteroatoms. The van der Waals surface area contributed by atoms with Crippen LogP contribution in [0.5, 0.6) is 0 Å². The molecule has 2 amide bonds. The SMILES string of the molecule is O=C(NC1CCCN(CC(=O)N2CCCCC2)C1)c1ccc2[nH]nc(-c3ccncc3)c2c1. The Bertz CT molecular complexity index is 1120. The molecule has 2 N–H and O–H groups in total. The Labute approximate surface area is 193 Å². The number of hydrogen-bond donors (Lipinski definition) is 2. The van der Waals surface area contributed by atoms with Crippen LogP contribution in [0.1, 0.15) is 42.5 Å². The van der Waals surface area contributed by atoms with E-state index in [0.717, 1.165) is 67.5 Å². The summed E-state index contributed by atoms with van der Waals surface area (Å²) in [4.78, 5) is 34.0. The molecule has 0 radical (unpaired) electrons. The van der Waals surface area contributed by atoms with Crippen LogP contribution >= 0.6 is 0 Å². The number of rotatable bonds is 5. The van der Waals surface area contributed by atoms with Gasteiger partial charge >= 0.3 is 0 Å². The predicted molar refractivity (Wildman–Crippen MR) is 127 cm³/mol. The Morgan fingerprint density at radius 1 is 1.03 bits per heavy atom. The zero-order valence-corrected chi connectivity index (χ0v) is 18.8. The number of nitrogens with one attached hydrogen (secondary N) is 2. The molecule has 8 nitrogen and oxygen atoms in total. The molecule has 1 aromatic carbocycles. The van der Waals surface area contributed by atoms with Gasteiger partial charge in [0.1, 0.15) is 5.69 Å². The highest BCUT2D eigenvalue weighted by Gasteiger charge is 2.25. The molecule has 2 fully saturated rings. The Morgan fingerprint density at radius 2 is 1.85 bits per heavy atom. The van der Waals surface area contributed by atoms with Crippen LogP contribution in [0.4, 0.5) is 0 Å². The predicted octanol–water partition coefficient (Wildman–Crippen LogP) is 2.83. The standard InChI is InChI=1S/C25H30N6O2/c32-23(31-13-2-1-3-14-31)17-30-12-4-5-20(16-30)27-25(33)19-6-7-22-21(15-19)24(29-28-22)18-8-10-26-11-9-18/h6-11,15,20H,1-5,12-14,16-17H2,(H,27,33)(H,28,29). The van der Waals surface area contributed by atoms with E-state index in [9.17, 15) is 9.59 Å². The van der Waals surface area contributed by atoms with Crippen LogP contribution in [-0.4, -0.2) is 75.6 Å². The highest BCUT2D eigenvalue weighted by molar-refractivity contribution is 6.01. The summed E-state index contributed by atoms with van der Waals surface area (Å²) in [6.07, 6.45) is 8.80.